The minimum Gasteiger partial charge on any atom is -0.483 e. The molecular formula is C14H20FNO3. The summed E-state index contributed by atoms with van der Waals surface area (Å²) in [6.45, 7) is 5.92. The van der Waals surface area contributed by atoms with Gasteiger partial charge in [-0.05, 0) is 31.0 Å². The number of hydrogen-bond acceptors (Lipinski definition) is 3. The molecule has 0 aliphatic rings. The number of ether oxygens (including phenoxy) is 1. The van der Waals surface area contributed by atoms with Gasteiger partial charge in [0.15, 0.2) is 6.61 Å². The number of amides is 1. The second-order valence-corrected chi connectivity index (χ2v) is 4.84. The molecule has 1 aromatic carbocycles. The van der Waals surface area contributed by atoms with Gasteiger partial charge in [-0.3, -0.25) is 4.79 Å². The van der Waals surface area contributed by atoms with Crippen LogP contribution >= 0.6 is 0 Å². The Labute approximate surface area is 112 Å². The van der Waals surface area contributed by atoms with E-state index >= 15 is 0 Å². The predicted octanol–water partition coefficient (Wildman–Crippen LogP) is 2.03. The molecule has 0 aliphatic carbocycles. The third kappa shape index (κ3) is 5.26. The van der Waals surface area contributed by atoms with E-state index in [4.69, 9.17) is 4.74 Å². The van der Waals surface area contributed by atoms with Crippen molar-refractivity contribution < 1.29 is 19.0 Å². The number of benzene rings is 1. The van der Waals surface area contributed by atoms with E-state index in [9.17, 15) is 14.3 Å². The fraction of sp³-hybridized carbons (Fsp3) is 0.500. The fourth-order valence-electron chi connectivity index (χ4n) is 1.49. The molecule has 0 heterocycles. The maximum Gasteiger partial charge on any atom is 0.257 e. The molecule has 4 nitrogen and oxygen atoms in total. The number of nitrogens with one attached hydrogen (secondary N) is 1. The average molecular weight is 269 g/mol. The molecule has 19 heavy (non-hydrogen) atoms. The van der Waals surface area contributed by atoms with Crippen molar-refractivity contribution in [3.8, 4) is 5.75 Å². The second-order valence-electron chi connectivity index (χ2n) is 4.84. The fourth-order valence-corrected chi connectivity index (χ4v) is 1.49. The lowest BCUT2D eigenvalue weighted by Crippen LogP contribution is -2.31. The molecule has 0 fully saturated rings. The zero-order valence-corrected chi connectivity index (χ0v) is 11.4. The zero-order valence-electron chi connectivity index (χ0n) is 11.4. The highest BCUT2D eigenvalue weighted by Crippen LogP contribution is 2.25. The summed E-state index contributed by atoms with van der Waals surface area (Å²) >= 11 is 0. The summed E-state index contributed by atoms with van der Waals surface area (Å²) in [6, 6.07) is 3.84. The van der Waals surface area contributed by atoms with Crippen LogP contribution in [0.2, 0.25) is 0 Å². The van der Waals surface area contributed by atoms with Gasteiger partial charge in [0.25, 0.3) is 5.91 Å². The maximum atomic E-state index is 13.1. The lowest BCUT2D eigenvalue weighted by atomic mass is 10.1. The van der Waals surface area contributed by atoms with Gasteiger partial charge in [0.05, 0.1) is 6.10 Å². The van der Waals surface area contributed by atoms with Crippen molar-refractivity contribution in [2.75, 3.05) is 13.2 Å². The van der Waals surface area contributed by atoms with E-state index in [0.717, 1.165) is 0 Å². The monoisotopic (exact) mass is 269 g/mol. The van der Waals surface area contributed by atoms with Crippen molar-refractivity contribution in [2.45, 2.75) is 26.9 Å². The van der Waals surface area contributed by atoms with Gasteiger partial charge in [-0.15, -0.1) is 0 Å². The molecule has 0 aliphatic heterocycles. The molecule has 0 unspecified atom stereocenters. The number of aliphatic hydroxyl groups excluding tert-OH is 1. The number of carbonyl (C=O) groups is 1. The van der Waals surface area contributed by atoms with Crippen molar-refractivity contribution >= 4 is 5.91 Å². The molecule has 106 valence electrons. The molecule has 0 aromatic heterocycles. The minimum atomic E-state index is -0.857. The first-order chi connectivity index (χ1) is 8.90. The van der Waals surface area contributed by atoms with Crippen molar-refractivity contribution in [3.05, 3.63) is 29.6 Å². The Balaban J connectivity index is 2.60. The largest absolute Gasteiger partial charge is 0.483 e. The molecule has 0 spiro atoms. The zero-order chi connectivity index (χ0) is 14.4. The van der Waals surface area contributed by atoms with E-state index in [-0.39, 0.29) is 12.5 Å². The van der Waals surface area contributed by atoms with E-state index in [0.29, 0.717) is 23.8 Å². The van der Waals surface area contributed by atoms with Gasteiger partial charge in [-0.2, -0.15) is 0 Å². The smallest absolute Gasteiger partial charge is 0.257 e. The highest BCUT2D eigenvalue weighted by Gasteiger charge is 2.12. The molecular weight excluding hydrogens is 249 g/mol. The van der Waals surface area contributed by atoms with Crippen LogP contribution in [0.1, 0.15) is 32.4 Å². The van der Waals surface area contributed by atoms with Crippen molar-refractivity contribution in [1.82, 2.24) is 5.32 Å². The van der Waals surface area contributed by atoms with Crippen LogP contribution in [0.5, 0.6) is 5.75 Å². The third-order valence-corrected chi connectivity index (χ3v) is 2.49. The number of hydrogen-bond donors (Lipinski definition) is 2. The summed E-state index contributed by atoms with van der Waals surface area (Å²) in [5.74, 6) is -0.0130. The van der Waals surface area contributed by atoms with Crippen LogP contribution < -0.4 is 10.1 Å². The molecule has 0 saturated heterocycles. The van der Waals surface area contributed by atoms with E-state index in [1.807, 2.05) is 13.8 Å². The molecule has 5 heteroatoms. The normalized spacial score (nSPS) is 12.3. The second kappa shape index (κ2) is 7.09. The van der Waals surface area contributed by atoms with Gasteiger partial charge in [0.1, 0.15) is 11.6 Å². The molecule has 1 aromatic rings. The van der Waals surface area contributed by atoms with Crippen molar-refractivity contribution in [1.29, 1.82) is 0 Å². The minimum absolute atomic E-state index is 0.155. The topological polar surface area (TPSA) is 58.6 Å². The van der Waals surface area contributed by atoms with Crippen molar-refractivity contribution in [2.24, 2.45) is 5.92 Å². The number of aliphatic hydroxyl groups is 1. The molecule has 0 saturated carbocycles. The predicted molar refractivity (Wildman–Crippen MR) is 70.4 cm³/mol. The highest BCUT2D eigenvalue weighted by molar-refractivity contribution is 5.77. The Morgan fingerprint density at radius 3 is 2.68 bits per heavy atom. The average Bonchev–Trinajstić information content (AvgIpc) is 2.34. The van der Waals surface area contributed by atoms with Crippen molar-refractivity contribution in [3.63, 3.8) is 0 Å². The first-order valence-electron chi connectivity index (χ1n) is 6.27. The maximum absolute atomic E-state index is 13.1. The van der Waals surface area contributed by atoms with Gasteiger partial charge in [-0.25, -0.2) is 4.39 Å². The Bertz CT molecular complexity index is 433. The lowest BCUT2D eigenvalue weighted by Gasteiger charge is -2.14. The highest BCUT2D eigenvalue weighted by atomic mass is 19.1. The number of halogens is 1. The quantitative estimate of drug-likeness (QED) is 0.830. The SMILES string of the molecule is CC(C)CNC(=O)COc1ccc(F)cc1[C@@H](C)O. The van der Waals surface area contributed by atoms with E-state index < -0.39 is 11.9 Å². The van der Waals surface area contributed by atoms with Gasteiger partial charge in [0, 0.05) is 12.1 Å². The Kier molecular flexibility index (Phi) is 5.76. The van der Waals surface area contributed by atoms with Crippen LogP contribution in [0.4, 0.5) is 4.39 Å². The van der Waals surface area contributed by atoms with Gasteiger partial charge < -0.3 is 15.2 Å². The molecule has 1 amide bonds. The van der Waals surface area contributed by atoms with Crippen LogP contribution in [-0.2, 0) is 4.79 Å². The summed E-state index contributed by atoms with van der Waals surface area (Å²) in [7, 11) is 0. The Morgan fingerprint density at radius 2 is 2.11 bits per heavy atom. The summed E-state index contributed by atoms with van der Waals surface area (Å²) in [4.78, 5) is 11.5. The van der Waals surface area contributed by atoms with Gasteiger partial charge in [-0.1, -0.05) is 13.8 Å². The standard InChI is InChI=1S/C14H20FNO3/c1-9(2)7-16-14(18)8-19-13-5-4-11(15)6-12(13)10(3)17/h4-6,9-10,17H,7-8H2,1-3H3,(H,16,18)/t10-/m1/s1. The number of rotatable bonds is 6. The van der Waals surface area contributed by atoms with Crippen LogP contribution in [0.25, 0.3) is 0 Å². The van der Waals surface area contributed by atoms with Gasteiger partial charge >= 0.3 is 0 Å². The summed E-state index contributed by atoms with van der Waals surface area (Å²) in [5.41, 5.74) is 0.330. The Hall–Kier alpha value is -1.62. The first-order valence-corrected chi connectivity index (χ1v) is 6.27. The van der Waals surface area contributed by atoms with Gasteiger partial charge in [0.2, 0.25) is 0 Å². The van der Waals surface area contributed by atoms with E-state index in [1.54, 1.807) is 0 Å². The molecule has 2 N–H and O–H groups in total. The Morgan fingerprint density at radius 1 is 1.42 bits per heavy atom. The molecule has 0 bridgehead atoms. The van der Waals surface area contributed by atoms with E-state index in [2.05, 4.69) is 5.32 Å². The van der Waals surface area contributed by atoms with Crippen LogP contribution in [0, 0.1) is 11.7 Å². The third-order valence-electron chi connectivity index (χ3n) is 2.49. The van der Waals surface area contributed by atoms with Crippen LogP contribution in [-0.4, -0.2) is 24.2 Å². The molecule has 0 radical (unpaired) electrons. The number of carbonyl (C=O) groups excluding carboxylic acids is 1. The van der Waals surface area contributed by atoms with E-state index in [1.165, 1.54) is 25.1 Å². The molecule has 1 atom stereocenters. The molecule has 1 rings (SSSR count). The first kappa shape index (κ1) is 15.4. The van der Waals surface area contributed by atoms with Crippen LogP contribution in [0.3, 0.4) is 0 Å². The van der Waals surface area contributed by atoms with Crippen LogP contribution in [0.15, 0.2) is 18.2 Å². The summed E-state index contributed by atoms with van der Waals surface area (Å²) < 4.78 is 18.4. The summed E-state index contributed by atoms with van der Waals surface area (Å²) in [5, 5.41) is 12.2. The summed E-state index contributed by atoms with van der Waals surface area (Å²) in [6.07, 6.45) is -0.857. The lowest BCUT2D eigenvalue weighted by molar-refractivity contribution is -0.123.